The van der Waals surface area contributed by atoms with Crippen LogP contribution >= 0.6 is 0 Å². The van der Waals surface area contributed by atoms with Crippen molar-refractivity contribution in [2.45, 2.75) is 149 Å². The van der Waals surface area contributed by atoms with Gasteiger partial charge in [0.05, 0.1) is 6.61 Å². The highest BCUT2D eigenvalue weighted by atomic mass is 16.6. The van der Waals surface area contributed by atoms with Crippen LogP contribution in [0.15, 0.2) is 90.7 Å². The second-order valence-electron chi connectivity index (χ2n) is 11.3. The van der Waals surface area contributed by atoms with E-state index in [1.165, 1.54) is 109 Å². The van der Waals surface area contributed by atoms with Crippen molar-refractivity contribution in [1.82, 2.24) is 0 Å². The van der Waals surface area contributed by atoms with E-state index >= 15 is 0 Å². The largest absolute Gasteiger partial charge is 0.476 e. The summed E-state index contributed by atoms with van der Waals surface area (Å²) in [7, 11) is 0. The average Bonchev–Trinajstić information content (AvgIpc) is 3.02. The molecule has 0 aromatic carbocycles. The van der Waals surface area contributed by atoms with Crippen LogP contribution in [0.5, 0.6) is 0 Å². The number of nitrogens with zero attached hydrogens (tertiary/aromatic N) is 1. The molecule has 0 rings (SSSR count). The zero-order valence-electron chi connectivity index (χ0n) is 28.3. The molecule has 0 bridgehead atoms. The van der Waals surface area contributed by atoms with Crippen LogP contribution in [-0.4, -0.2) is 19.1 Å². The van der Waals surface area contributed by atoms with Crippen LogP contribution in [0.25, 0.3) is 0 Å². The van der Waals surface area contributed by atoms with Crippen molar-refractivity contribution in [1.29, 1.82) is 0 Å². The highest BCUT2D eigenvalue weighted by molar-refractivity contribution is 5.88. The molecule has 0 saturated heterocycles. The zero-order valence-corrected chi connectivity index (χ0v) is 28.3. The smallest absolute Gasteiger partial charge is 0.250 e. The Morgan fingerprint density at radius 2 is 1.00 bits per heavy atom. The summed E-state index contributed by atoms with van der Waals surface area (Å²) >= 11 is 0. The lowest BCUT2D eigenvalue weighted by molar-refractivity contribution is 0.128. The van der Waals surface area contributed by atoms with Gasteiger partial charge in [-0.3, -0.25) is 0 Å². The fraction of sp³-hybridized carbons (Fsp3) is 0.625. The lowest BCUT2D eigenvalue weighted by Gasteiger charge is -2.07. The van der Waals surface area contributed by atoms with Gasteiger partial charge in [0.1, 0.15) is 6.61 Å². The molecule has 3 heteroatoms. The number of oxime groups is 1. The van der Waals surface area contributed by atoms with Gasteiger partial charge < -0.3 is 9.57 Å². The van der Waals surface area contributed by atoms with Crippen LogP contribution in [0.2, 0.25) is 0 Å². The lowest BCUT2D eigenvalue weighted by atomic mass is 10.1. The average molecular weight is 594 g/mol. The number of ether oxygens (including phenoxy) is 1. The summed E-state index contributed by atoms with van der Waals surface area (Å²) in [5, 5.41) is 4.26. The van der Waals surface area contributed by atoms with Gasteiger partial charge >= 0.3 is 0 Å². The zero-order chi connectivity index (χ0) is 31.3. The van der Waals surface area contributed by atoms with E-state index in [9.17, 15) is 0 Å². The Morgan fingerprint density at radius 1 is 0.535 bits per heavy atom. The highest BCUT2D eigenvalue weighted by Crippen LogP contribution is 2.09. The molecule has 0 aliphatic heterocycles. The maximum absolute atomic E-state index is 5.94. The second-order valence-corrected chi connectivity index (χ2v) is 11.3. The summed E-state index contributed by atoms with van der Waals surface area (Å²) < 4.78 is 5.94. The Labute approximate surface area is 267 Å². The van der Waals surface area contributed by atoms with E-state index in [2.05, 4.69) is 80.8 Å². The van der Waals surface area contributed by atoms with Crippen molar-refractivity contribution in [2.75, 3.05) is 13.2 Å². The van der Waals surface area contributed by atoms with Gasteiger partial charge in [-0.1, -0.05) is 146 Å². The first-order chi connectivity index (χ1) is 21.3. The number of unbranched alkanes of at least 4 members (excludes halogenated alkanes) is 16. The standard InChI is InChI=1S/C40H67NO2/c1-5-9-11-13-15-17-19-21-23-24-26-28-30-32-34-36-42-40(38-39(7-3)8-4)41-43-37-35-33-31-29-27-25-22-20-18-16-14-12-10-6-2/h7-8,15-18,20-23,38H,3-6,9-14,19,24-37H2,1-2H3/b17-15-,18-16+,22-20+,23-21+,41-40+. The third-order valence-electron chi connectivity index (χ3n) is 7.23. The molecule has 0 spiro atoms. The van der Waals surface area contributed by atoms with Gasteiger partial charge in [-0.15, -0.1) is 0 Å². The van der Waals surface area contributed by atoms with Crippen LogP contribution in [0.3, 0.4) is 0 Å². The lowest BCUT2D eigenvalue weighted by Crippen LogP contribution is -2.06. The molecule has 43 heavy (non-hydrogen) atoms. The van der Waals surface area contributed by atoms with Gasteiger partial charge in [0.2, 0.25) is 0 Å². The molecule has 3 nitrogen and oxygen atoms in total. The van der Waals surface area contributed by atoms with Crippen LogP contribution in [0, 0.1) is 0 Å². The second kappa shape index (κ2) is 35.6. The van der Waals surface area contributed by atoms with E-state index in [0.29, 0.717) is 19.1 Å². The minimum atomic E-state index is 0.505. The topological polar surface area (TPSA) is 30.8 Å². The van der Waals surface area contributed by atoms with Gasteiger partial charge in [0, 0.05) is 6.08 Å². The van der Waals surface area contributed by atoms with E-state index in [1.54, 1.807) is 12.2 Å². The summed E-state index contributed by atoms with van der Waals surface area (Å²) in [4.78, 5) is 5.59. The maximum atomic E-state index is 5.94. The van der Waals surface area contributed by atoms with E-state index < -0.39 is 0 Å². The van der Waals surface area contributed by atoms with Crippen molar-refractivity contribution in [2.24, 2.45) is 5.16 Å². The number of rotatable bonds is 31. The van der Waals surface area contributed by atoms with E-state index in [-0.39, 0.29) is 0 Å². The Hall–Kier alpha value is -2.55. The van der Waals surface area contributed by atoms with Crippen LogP contribution in [-0.2, 0) is 9.57 Å². The van der Waals surface area contributed by atoms with E-state index in [1.807, 2.05) is 6.08 Å². The molecule has 0 N–H and O–H groups in total. The molecule has 0 unspecified atom stereocenters. The van der Waals surface area contributed by atoms with Crippen LogP contribution in [0.4, 0.5) is 0 Å². The summed E-state index contributed by atoms with van der Waals surface area (Å²) in [5.74, 6) is 0.505. The van der Waals surface area contributed by atoms with Crippen LogP contribution < -0.4 is 0 Å². The summed E-state index contributed by atoms with van der Waals surface area (Å²) in [6.45, 7) is 13.4. The van der Waals surface area contributed by atoms with Crippen LogP contribution in [0.1, 0.15) is 149 Å². The first-order valence-electron chi connectivity index (χ1n) is 17.7. The molecule has 0 radical (unpaired) electrons. The van der Waals surface area contributed by atoms with Gasteiger partial charge in [-0.25, -0.2) is 0 Å². The number of hydrogen-bond acceptors (Lipinski definition) is 3. The third-order valence-corrected chi connectivity index (χ3v) is 7.23. The molecule has 0 amide bonds. The van der Waals surface area contributed by atoms with Gasteiger partial charge in [0.25, 0.3) is 5.90 Å². The molecule has 0 atom stereocenters. The third kappa shape index (κ3) is 32.2. The first-order valence-corrected chi connectivity index (χ1v) is 17.7. The quantitative estimate of drug-likeness (QED) is 0.0200. The molecule has 0 aliphatic carbocycles. The Morgan fingerprint density at radius 3 is 1.53 bits per heavy atom. The van der Waals surface area contributed by atoms with E-state index in [0.717, 1.165) is 31.3 Å². The van der Waals surface area contributed by atoms with Crippen molar-refractivity contribution in [3.8, 4) is 0 Å². The minimum absolute atomic E-state index is 0.505. The molecule has 0 aromatic rings. The van der Waals surface area contributed by atoms with Gasteiger partial charge in [-0.2, -0.15) is 0 Å². The minimum Gasteiger partial charge on any atom is -0.476 e. The summed E-state index contributed by atoms with van der Waals surface area (Å²) in [6.07, 6.45) is 49.2. The molecule has 244 valence electrons. The molecule has 0 heterocycles. The summed E-state index contributed by atoms with van der Waals surface area (Å²) in [5.41, 5.74) is 0.878. The number of allylic oxidation sites excluding steroid dienone is 11. The monoisotopic (exact) mass is 594 g/mol. The van der Waals surface area contributed by atoms with Crippen molar-refractivity contribution < 1.29 is 9.57 Å². The molecule has 0 aliphatic rings. The first kappa shape index (κ1) is 40.5. The normalized spacial score (nSPS) is 12.2. The SMILES string of the molecule is C=CC(C=C)=C/C(=N\OCCCCCCC/C=C/C=C/CCCCC)OCCCCCCC/C=C/C/C=C\CCCCC. The Balaban J connectivity index is 3.96. The summed E-state index contributed by atoms with van der Waals surface area (Å²) in [6, 6.07) is 0. The maximum Gasteiger partial charge on any atom is 0.250 e. The Bertz CT molecular complexity index is 789. The highest BCUT2D eigenvalue weighted by Gasteiger charge is 2.00. The van der Waals surface area contributed by atoms with E-state index in [4.69, 9.17) is 9.57 Å². The van der Waals surface area contributed by atoms with Gasteiger partial charge in [0.15, 0.2) is 0 Å². The number of hydrogen-bond donors (Lipinski definition) is 0. The fourth-order valence-electron chi connectivity index (χ4n) is 4.46. The van der Waals surface area contributed by atoms with Gasteiger partial charge in [-0.05, 0) is 87.8 Å². The predicted molar refractivity (Wildman–Crippen MR) is 193 cm³/mol. The van der Waals surface area contributed by atoms with Crippen molar-refractivity contribution in [3.05, 3.63) is 85.6 Å². The fourth-order valence-corrected chi connectivity index (χ4v) is 4.46. The molecule has 0 aromatic heterocycles. The molecular formula is C40H67NO2. The molecule has 0 saturated carbocycles. The van der Waals surface area contributed by atoms with Crippen molar-refractivity contribution >= 4 is 5.90 Å². The molecular weight excluding hydrogens is 526 g/mol. The predicted octanol–water partition coefficient (Wildman–Crippen LogP) is 13.1. The molecule has 0 fully saturated rings. The van der Waals surface area contributed by atoms with Crippen molar-refractivity contribution in [3.63, 3.8) is 0 Å². The Kier molecular flexibility index (Phi) is 33.5.